The van der Waals surface area contributed by atoms with Gasteiger partial charge >= 0.3 is 5.97 Å². The van der Waals surface area contributed by atoms with E-state index in [4.69, 9.17) is 4.74 Å². The average molecular weight is 354 g/mol. The van der Waals surface area contributed by atoms with Crippen LogP contribution in [0.1, 0.15) is 36.7 Å². The largest absolute Gasteiger partial charge is 0.462 e. The first-order valence-corrected chi connectivity index (χ1v) is 8.85. The molecule has 0 spiro atoms. The lowest BCUT2D eigenvalue weighted by molar-refractivity contribution is -0.131. The van der Waals surface area contributed by atoms with Crippen LogP contribution in [0.2, 0.25) is 0 Å². The summed E-state index contributed by atoms with van der Waals surface area (Å²) in [4.78, 5) is 26.1. The molecular formula is C21H26N2O3. The highest BCUT2D eigenvalue weighted by molar-refractivity contribution is 5.90. The molecule has 0 atom stereocenters. The summed E-state index contributed by atoms with van der Waals surface area (Å²) in [6.45, 7) is 6.92. The minimum absolute atomic E-state index is 0.0262. The van der Waals surface area contributed by atoms with Crippen molar-refractivity contribution in [2.24, 2.45) is 0 Å². The Bertz CT molecular complexity index is 712. The third-order valence-electron chi connectivity index (χ3n) is 3.98. The number of hydrogen-bond acceptors (Lipinski definition) is 4. The van der Waals surface area contributed by atoms with Crippen LogP contribution in [0.5, 0.6) is 0 Å². The number of ether oxygens (including phenoxy) is 1. The quantitative estimate of drug-likeness (QED) is 0.734. The van der Waals surface area contributed by atoms with Gasteiger partial charge in [-0.15, -0.1) is 0 Å². The summed E-state index contributed by atoms with van der Waals surface area (Å²) in [5.74, 6) is -0.317. The first kappa shape index (κ1) is 19.5. The lowest BCUT2D eigenvalue weighted by Crippen LogP contribution is -2.39. The van der Waals surface area contributed by atoms with E-state index < -0.39 is 0 Å². The van der Waals surface area contributed by atoms with Crippen LogP contribution in [-0.2, 0) is 16.1 Å². The molecule has 1 N–H and O–H groups in total. The molecule has 5 nitrogen and oxygen atoms in total. The Hall–Kier alpha value is -2.82. The summed E-state index contributed by atoms with van der Waals surface area (Å²) < 4.78 is 4.96. The zero-order valence-corrected chi connectivity index (χ0v) is 15.6. The minimum atomic E-state index is -0.344. The van der Waals surface area contributed by atoms with Gasteiger partial charge in [-0.1, -0.05) is 30.3 Å². The maximum Gasteiger partial charge on any atom is 0.338 e. The van der Waals surface area contributed by atoms with Gasteiger partial charge in [-0.3, -0.25) is 4.79 Å². The van der Waals surface area contributed by atoms with Crippen LogP contribution in [0.4, 0.5) is 5.69 Å². The summed E-state index contributed by atoms with van der Waals surface area (Å²) in [7, 11) is 0. The van der Waals surface area contributed by atoms with Gasteiger partial charge in [-0.25, -0.2) is 4.79 Å². The molecule has 0 aliphatic rings. The van der Waals surface area contributed by atoms with Crippen LogP contribution in [0.3, 0.4) is 0 Å². The fraction of sp³-hybridized carbons (Fsp3) is 0.333. The predicted octanol–water partition coefficient (Wildman–Crippen LogP) is 3.71. The Morgan fingerprint density at radius 3 is 2.27 bits per heavy atom. The van der Waals surface area contributed by atoms with E-state index in [1.807, 2.05) is 49.1 Å². The number of anilines is 1. The van der Waals surface area contributed by atoms with Crippen molar-refractivity contribution in [2.45, 2.75) is 33.4 Å². The van der Waals surface area contributed by atoms with E-state index in [-0.39, 0.29) is 24.5 Å². The number of hydrogen-bond donors (Lipinski definition) is 1. The molecule has 2 aromatic rings. The van der Waals surface area contributed by atoms with Crippen LogP contribution in [-0.4, -0.2) is 36.0 Å². The van der Waals surface area contributed by atoms with Crippen LogP contribution in [0.15, 0.2) is 54.6 Å². The molecule has 5 heteroatoms. The fourth-order valence-corrected chi connectivity index (χ4v) is 2.56. The van der Waals surface area contributed by atoms with E-state index in [0.717, 1.165) is 11.3 Å². The van der Waals surface area contributed by atoms with E-state index in [9.17, 15) is 9.59 Å². The molecule has 2 rings (SSSR count). The number of amides is 1. The first-order valence-electron chi connectivity index (χ1n) is 8.85. The second-order valence-corrected chi connectivity index (χ2v) is 6.25. The fourth-order valence-electron chi connectivity index (χ4n) is 2.56. The third kappa shape index (κ3) is 5.62. The lowest BCUT2D eigenvalue weighted by atomic mass is 10.2. The normalized spacial score (nSPS) is 10.5. The van der Waals surface area contributed by atoms with Crippen LogP contribution in [0.25, 0.3) is 0 Å². The molecule has 0 saturated carbocycles. The highest BCUT2D eigenvalue weighted by Crippen LogP contribution is 2.12. The molecule has 0 aromatic heterocycles. The molecule has 1 amide bonds. The summed E-state index contributed by atoms with van der Waals surface area (Å²) in [6.07, 6.45) is 0. The zero-order chi connectivity index (χ0) is 18.9. The molecule has 0 radical (unpaired) electrons. The van der Waals surface area contributed by atoms with Gasteiger partial charge in [0.2, 0.25) is 5.91 Å². The summed E-state index contributed by atoms with van der Waals surface area (Å²) in [5.41, 5.74) is 2.39. The number of nitrogens with one attached hydrogen (secondary N) is 1. The highest BCUT2D eigenvalue weighted by Gasteiger charge is 2.17. The number of carbonyl (C=O) groups excluding carboxylic acids is 2. The number of rotatable bonds is 8. The third-order valence-corrected chi connectivity index (χ3v) is 3.98. The first-order chi connectivity index (χ1) is 12.5. The molecule has 0 unspecified atom stereocenters. The number of benzene rings is 2. The molecular weight excluding hydrogens is 328 g/mol. The van der Waals surface area contributed by atoms with Crippen LogP contribution < -0.4 is 5.32 Å². The average Bonchev–Trinajstić information content (AvgIpc) is 2.65. The van der Waals surface area contributed by atoms with Gasteiger partial charge in [0, 0.05) is 18.3 Å². The van der Waals surface area contributed by atoms with Crippen LogP contribution in [0, 0.1) is 0 Å². The van der Waals surface area contributed by atoms with Crippen molar-refractivity contribution in [3.8, 4) is 0 Å². The van der Waals surface area contributed by atoms with Gasteiger partial charge in [0.25, 0.3) is 0 Å². The topological polar surface area (TPSA) is 58.6 Å². The molecule has 0 heterocycles. The number of esters is 1. The van der Waals surface area contributed by atoms with Crippen molar-refractivity contribution in [1.82, 2.24) is 4.90 Å². The van der Waals surface area contributed by atoms with Crippen molar-refractivity contribution >= 4 is 17.6 Å². The summed E-state index contributed by atoms with van der Waals surface area (Å²) in [6, 6.07) is 17.0. The second kappa shape index (κ2) is 9.61. The minimum Gasteiger partial charge on any atom is -0.462 e. The molecule has 0 saturated heterocycles. The maximum atomic E-state index is 12.6. The molecule has 0 aliphatic heterocycles. The Balaban J connectivity index is 1.94. The zero-order valence-electron chi connectivity index (χ0n) is 15.6. The van der Waals surface area contributed by atoms with Crippen molar-refractivity contribution in [3.05, 3.63) is 65.7 Å². The Kier molecular flexibility index (Phi) is 7.21. The molecule has 138 valence electrons. The highest BCUT2D eigenvalue weighted by atomic mass is 16.5. The van der Waals surface area contributed by atoms with Crippen molar-refractivity contribution in [3.63, 3.8) is 0 Å². The molecule has 0 aliphatic carbocycles. The number of carbonyl (C=O) groups is 2. The van der Waals surface area contributed by atoms with Gasteiger partial charge < -0.3 is 15.0 Å². The van der Waals surface area contributed by atoms with Crippen LogP contribution >= 0.6 is 0 Å². The standard InChI is InChI=1S/C21H26N2O3/c1-4-26-21(25)18-10-12-19(13-11-18)22-14-20(24)23(16(2)3)15-17-8-6-5-7-9-17/h5-13,16,22H,4,14-15H2,1-3H3. The van der Waals surface area contributed by atoms with Gasteiger partial charge in [-0.05, 0) is 50.6 Å². The smallest absolute Gasteiger partial charge is 0.338 e. The van der Waals surface area contributed by atoms with E-state index in [0.29, 0.717) is 18.7 Å². The summed E-state index contributed by atoms with van der Waals surface area (Å²) in [5, 5.41) is 3.12. The van der Waals surface area contributed by atoms with Gasteiger partial charge in [-0.2, -0.15) is 0 Å². The summed E-state index contributed by atoms with van der Waals surface area (Å²) >= 11 is 0. The Labute approximate surface area is 155 Å². The SMILES string of the molecule is CCOC(=O)c1ccc(NCC(=O)N(Cc2ccccc2)C(C)C)cc1. The van der Waals surface area contributed by atoms with Crippen molar-refractivity contribution < 1.29 is 14.3 Å². The van der Waals surface area contributed by atoms with E-state index in [2.05, 4.69) is 5.32 Å². The van der Waals surface area contributed by atoms with Gasteiger partial charge in [0.15, 0.2) is 0 Å². The van der Waals surface area contributed by atoms with Crippen molar-refractivity contribution in [1.29, 1.82) is 0 Å². The molecule has 0 bridgehead atoms. The van der Waals surface area contributed by atoms with E-state index in [1.54, 1.807) is 31.2 Å². The Morgan fingerprint density at radius 1 is 1.04 bits per heavy atom. The van der Waals surface area contributed by atoms with Crippen molar-refractivity contribution in [2.75, 3.05) is 18.5 Å². The monoisotopic (exact) mass is 354 g/mol. The molecule has 2 aromatic carbocycles. The van der Waals surface area contributed by atoms with Gasteiger partial charge in [0.05, 0.1) is 18.7 Å². The lowest BCUT2D eigenvalue weighted by Gasteiger charge is -2.27. The molecule has 0 fully saturated rings. The van der Waals surface area contributed by atoms with E-state index in [1.165, 1.54) is 0 Å². The van der Waals surface area contributed by atoms with E-state index >= 15 is 0 Å². The Morgan fingerprint density at radius 2 is 1.69 bits per heavy atom. The second-order valence-electron chi connectivity index (χ2n) is 6.25. The predicted molar refractivity (Wildman–Crippen MR) is 103 cm³/mol. The number of nitrogens with zero attached hydrogens (tertiary/aromatic N) is 1. The molecule has 26 heavy (non-hydrogen) atoms. The van der Waals surface area contributed by atoms with Gasteiger partial charge in [0.1, 0.15) is 0 Å². The maximum absolute atomic E-state index is 12.6.